The molecule has 1 aromatic carbocycles. The second-order valence-electron chi connectivity index (χ2n) is 5.16. The van der Waals surface area contributed by atoms with Crippen molar-refractivity contribution < 1.29 is 14.6 Å². The van der Waals surface area contributed by atoms with Gasteiger partial charge >= 0.3 is 5.97 Å². The van der Waals surface area contributed by atoms with Crippen LogP contribution in [0.5, 0.6) is 0 Å². The molecular weight excluding hydrogens is 218 g/mol. The van der Waals surface area contributed by atoms with Gasteiger partial charge < -0.3 is 15.6 Å². The molecule has 1 aromatic rings. The molecule has 0 aliphatic carbocycles. The number of carboxylic acid groups (broad SMARTS) is 1. The summed E-state index contributed by atoms with van der Waals surface area (Å²) in [6.07, 6.45) is 0. The topological polar surface area (TPSA) is 72.5 Å². The fourth-order valence-electron chi connectivity index (χ4n) is 1.83. The zero-order valence-corrected chi connectivity index (χ0v) is 10.1. The molecule has 17 heavy (non-hydrogen) atoms. The third-order valence-corrected chi connectivity index (χ3v) is 3.44. The molecule has 0 amide bonds. The third kappa shape index (κ3) is 1.94. The van der Waals surface area contributed by atoms with Crippen LogP contribution in [0.3, 0.4) is 0 Å². The van der Waals surface area contributed by atoms with Crippen LogP contribution in [0.1, 0.15) is 25.0 Å². The summed E-state index contributed by atoms with van der Waals surface area (Å²) in [6, 6.07) is 7.44. The number of ether oxygens (including phenoxy) is 1. The van der Waals surface area contributed by atoms with Crippen LogP contribution >= 0.6 is 0 Å². The fraction of sp³-hybridized carbons (Fsp3) is 0.462. The number of carboxylic acids is 1. The summed E-state index contributed by atoms with van der Waals surface area (Å²) in [5.74, 6) is -0.834. The Bertz CT molecular complexity index is 432. The Morgan fingerprint density at radius 1 is 1.35 bits per heavy atom. The molecular formula is C13H17NO3. The van der Waals surface area contributed by atoms with Gasteiger partial charge in [-0.25, -0.2) is 0 Å². The molecule has 0 spiro atoms. The second kappa shape index (κ2) is 3.82. The van der Waals surface area contributed by atoms with Crippen molar-refractivity contribution in [2.45, 2.75) is 24.8 Å². The molecule has 4 nitrogen and oxygen atoms in total. The lowest BCUT2D eigenvalue weighted by Gasteiger charge is -2.38. The quantitative estimate of drug-likeness (QED) is 0.826. The van der Waals surface area contributed by atoms with Gasteiger partial charge in [0.1, 0.15) is 0 Å². The Hall–Kier alpha value is -1.39. The van der Waals surface area contributed by atoms with Crippen molar-refractivity contribution >= 4 is 5.97 Å². The number of carbonyl (C=O) groups is 1. The summed E-state index contributed by atoms with van der Waals surface area (Å²) in [5.41, 5.74) is 6.60. The standard InChI is InChI=1S/C13H17NO3/c1-12(2,11(15)16)9-3-5-10(6-4-9)13(14)7-17-8-13/h3-6H,7-8,14H2,1-2H3,(H,15,16). The fourth-order valence-corrected chi connectivity index (χ4v) is 1.83. The Labute approximate surface area is 100 Å². The summed E-state index contributed by atoms with van der Waals surface area (Å²) in [6.45, 7) is 4.42. The molecule has 0 atom stereocenters. The smallest absolute Gasteiger partial charge is 0.313 e. The average molecular weight is 235 g/mol. The first kappa shape index (κ1) is 12.1. The SMILES string of the molecule is CC(C)(C(=O)O)c1ccc(C2(N)COC2)cc1. The number of hydrogen-bond acceptors (Lipinski definition) is 3. The van der Waals surface area contributed by atoms with Gasteiger partial charge in [0, 0.05) is 0 Å². The molecule has 4 heteroatoms. The van der Waals surface area contributed by atoms with Gasteiger partial charge in [-0.2, -0.15) is 0 Å². The van der Waals surface area contributed by atoms with E-state index in [4.69, 9.17) is 15.6 Å². The molecule has 0 radical (unpaired) electrons. The first-order valence-electron chi connectivity index (χ1n) is 5.57. The maximum absolute atomic E-state index is 11.1. The number of hydrogen-bond donors (Lipinski definition) is 2. The Morgan fingerprint density at radius 2 is 1.88 bits per heavy atom. The van der Waals surface area contributed by atoms with E-state index in [1.807, 2.05) is 24.3 Å². The van der Waals surface area contributed by atoms with Crippen LogP contribution in [0.4, 0.5) is 0 Å². The van der Waals surface area contributed by atoms with E-state index in [0.29, 0.717) is 13.2 Å². The van der Waals surface area contributed by atoms with Gasteiger partial charge in [0.25, 0.3) is 0 Å². The molecule has 92 valence electrons. The highest BCUT2D eigenvalue weighted by Gasteiger charge is 2.36. The maximum atomic E-state index is 11.1. The van der Waals surface area contributed by atoms with Crippen LogP contribution in [0, 0.1) is 0 Å². The highest BCUT2D eigenvalue weighted by Crippen LogP contribution is 2.29. The molecule has 0 aromatic heterocycles. The molecule has 0 unspecified atom stereocenters. The van der Waals surface area contributed by atoms with E-state index in [1.165, 1.54) is 0 Å². The van der Waals surface area contributed by atoms with Crippen molar-refractivity contribution in [2.24, 2.45) is 5.73 Å². The van der Waals surface area contributed by atoms with Crippen LogP contribution in [0.2, 0.25) is 0 Å². The van der Waals surface area contributed by atoms with Gasteiger partial charge in [-0.15, -0.1) is 0 Å². The second-order valence-corrected chi connectivity index (χ2v) is 5.16. The summed E-state index contributed by atoms with van der Waals surface area (Å²) in [7, 11) is 0. The van der Waals surface area contributed by atoms with E-state index in [2.05, 4.69) is 0 Å². The maximum Gasteiger partial charge on any atom is 0.313 e. The predicted molar refractivity (Wildman–Crippen MR) is 63.8 cm³/mol. The largest absolute Gasteiger partial charge is 0.481 e. The van der Waals surface area contributed by atoms with Crippen LogP contribution in [-0.4, -0.2) is 24.3 Å². The minimum atomic E-state index is -0.879. The molecule has 1 fully saturated rings. The van der Waals surface area contributed by atoms with E-state index < -0.39 is 16.9 Å². The molecule has 1 aliphatic rings. The van der Waals surface area contributed by atoms with Gasteiger partial charge in [-0.3, -0.25) is 4.79 Å². The lowest BCUT2D eigenvalue weighted by atomic mass is 9.82. The zero-order chi connectivity index (χ0) is 12.7. The van der Waals surface area contributed by atoms with Crippen molar-refractivity contribution in [3.05, 3.63) is 35.4 Å². The van der Waals surface area contributed by atoms with Crippen molar-refractivity contribution in [2.75, 3.05) is 13.2 Å². The minimum absolute atomic E-state index is 0.397. The van der Waals surface area contributed by atoms with Crippen molar-refractivity contribution in [3.8, 4) is 0 Å². The minimum Gasteiger partial charge on any atom is -0.481 e. The van der Waals surface area contributed by atoms with E-state index in [1.54, 1.807) is 13.8 Å². The molecule has 1 aliphatic heterocycles. The highest BCUT2D eigenvalue weighted by atomic mass is 16.5. The lowest BCUT2D eigenvalue weighted by molar-refractivity contribution is -0.142. The molecule has 0 bridgehead atoms. The normalized spacial score (nSPS) is 18.5. The first-order valence-corrected chi connectivity index (χ1v) is 5.57. The van der Waals surface area contributed by atoms with Crippen molar-refractivity contribution in [1.82, 2.24) is 0 Å². The number of aliphatic carboxylic acids is 1. The van der Waals surface area contributed by atoms with Gasteiger partial charge in [-0.05, 0) is 25.0 Å². The third-order valence-electron chi connectivity index (χ3n) is 3.44. The summed E-state index contributed by atoms with van der Waals surface area (Å²) < 4.78 is 5.11. The number of benzene rings is 1. The molecule has 0 saturated carbocycles. The van der Waals surface area contributed by atoms with E-state index >= 15 is 0 Å². The van der Waals surface area contributed by atoms with Crippen molar-refractivity contribution in [3.63, 3.8) is 0 Å². The van der Waals surface area contributed by atoms with Crippen LogP contribution in [-0.2, 0) is 20.5 Å². The average Bonchev–Trinajstić information content (AvgIpc) is 2.26. The summed E-state index contributed by atoms with van der Waals surface area (Å²) >= 11 is 0. The number of rotatable bonds is 3. The van der Waals surface area contributed by atoms with Crippen LogP contribution in [0.25, 0.3) is 0 Å². The lowest BCUT2D eigenvalue weighted by Crippen LogP contribution is -2.54. The van der Waals surface area contributed by atoms with Gasteiger partial charge in [0.05, 0.1) is 24.2 Å². The predicted octanol–water partition coefficient (Wildman–Crippen LogP) is 1.23. The van der Waals surface area contributed by atoms with Gasteiger partial charge in [0.15, 0.2) is 0 Å². The molecule has 2 rings (SSSR count). The highest BCUT2D eigenvalue weighted by molar-refractivity contribution is 5.80. The van der Waals surface area contributed by atoms with Crippen molar-refractivity contribution in [1.29, 1.82) is 0 Å². The Balaban J connectivity index is 2.27. The zero-order valence-electron chi connectivity index (χ0n) is 10.1. The monoisotopic (exact) mass is 235 g/mol. The van der Waals surface area contributed by atoms with Gasteiger partial charge in [-0.1, -0.05) is 24.3 Å². The van der Waals surface area contributed by atoms with Crippen LogP contribution < -0.4 is 5.73 Å². The summed E-state index contributed by atoms with van der Waals surface area (Å²) in [4.78, 5) is 11.1. The molecule has 1 saturated heterocycles. The summed E-state index contributed by atoms with van der Waals surface area (Å²) in [5, 5.41) is 9.14. The first-order chi connectivity index (χ1) is 7.86. The van der Waals surface area contributed by atoms with Gasteiger partial charge in [0.2, 0.25) is 0 Å². The Morgan fingerprint density at radius 3 is 2.24 bits per heavy atom. The van der Waals surface area contributed by atoms with E-state index in [9.17, 15) is 4.79 Å². The van der Waals surface area contributed by atoms with Crippen LogP contribution in [0.15, 0.2) is 24.3 Å². The van der Waals surface area contributed by atoms with E-state index in [-0.39, 0.29) is 0 Å². The Kier molecular flexibility index (Phi) is 2.72. The molecule has 1 heterocycles. The molecule has 3 N–H and O–H groups in total. The van der Waals surface area contributed by atoms with E-state index in [0.717, 1.165) is 11.1 Å². The number of nitrogens with two attached hydrogens (primary N) is 1.